The molecule has 0 aliphatic carbocycles. The summed E-state index contributed by atoms with van der Waals surface area (Å²) in [7, 11) is 1.53. The van der Waals surface area contributed by atoms with Gasteiger partial charge in [0, 0.05) is 32.7 Å². The van der Waals surface area contributed by atoms with Gasteiger partial charge in [0.2, 0.25) is 5.91 Å². The quantitative estimate of drug-likeness (QED) is 0.877. The Balaban J connectivity index is 2.23. The number of aromatic nitrogens is 1. The maximum atomic E-state index is 12.8. The Hall–Kier alpha value is -2.16. The van der Waals surface area contributed by atoms with E-state index in [1.54, 1.807) is 0 Å². The molecule has 2 rings (SSSR count). The molecule has 0 bridgehead atoms. The van der Waals surface area contributed by atoms with E-state index in [1.807, 2.05) is 18.7 Å². The van der Waals surface area contributed by atoms with Gasteiger partial charge in [-0.2, -0.15) is 13.2 Å². The van der Waals surface area contributed by atoms with Crippen LogP contribution < -0.4 is 5.32 Å². The second kappa shape index (κ2) is 7.61. The molecule has 1 fully saturated rings. The molecule has 0 spiro atoms. The Morgan fingerprint density at radius 3 is 2.42 bits per heavy atom. The highest BCUT2D eigenvalue weighted by molar-refractivity contribution is 5.96. The van der Waals surface area contributed by atoms with Gasteiger partial charge in [-0.25, -0.2) is 4.98 Å². The fourth-order valence-electron chi connectivity index (χ4n) is 3.11. The van der Waals surface area contributed by atoms with Crippen LogP contribution in [0.25, 0.3) is 0 Å². The molecule has 0 saturated carbocycles. The number of pyridine rings is 1. The van der Waals surface area contributed by atoms with Crippen LogP contribution in [-0.4, -0.2) is 65.4 Å². The van der Waals surface area contributed by atoms with Crippen molar-refractivity contribution in [3.05, 3.63) is 29.1 Å². The highest BCUT2D eigenvalue weighted by Gasteiger charge is 2.37. The van der Waals surface area contributed by atoms with Crippen molar-refractivity contribution in [2.75, 3.05) is 26.7 Å². The number of piperazine rings is 1. The van der Waals surface area contributed by atoms with Crippen molar-refractivity contribution >= 4 is 11.8 Å². The third kappa shape index (κ3) is 4.14. The van der Waals surface area contributed by atoms with Gasteiger partial charge in [0.25, 0.3) is 5.91 Å². The summed E-state index contributed by atoms with van der Waals surface area (Å²) in [5, 5.41) is 2.60. The number of carbonyl (C=O) groups excluding carboxylic acids is 2. The lowest BCUT2D eigenvalue weighted by atomic mass is 10.1. The molecule has 2 heterocycles. The zero-order chi connectivity index (χ0) is 19.6. The van der Waals surface area contributed by atoms with E-state index >= 15 is 0 Å². The van der Waals surface area contributed by atoms with Gasteiger partial charge in [0.05, 0.1) is 11.3 Å². The number of nitrogens with one attached hydrogen (secondary N) is 1. The molecule has 1 N–H and O–H groups in total. The topological polar surface area (TPSA) is 65.5 Å². The molecule has 1 aromatic rings. The number of hydrogen-bond donors (Lipinski definition) is 1. The van der Waals surface area contributed by atoms with Crippen molar-refractivity contribution in [3.8, 4) is 0 Å². The highest BCUT2D eigenvalue weighted by atomic mass is 19.4. The monoisotopic (exact) mass is 372 g/mol. The number of hydrogen-bond acceptors (Lipinski definition) is 4. The third-order valence-corrected chi connectivity index (χ3v) is 4.53. The summed E-state index contributed by atoms with van der Waals surface area (Å²) in [4.78, 5) is 32.0. The van der Waals surface area contributed by atoms with Crippen LogP contribution in [0, 0.1) is 6.92 Å². The van der Waals surface area contributed by atoms with Crippen LogP contribution in [0.4, 0.5) is 13.2 Å². The van der Waals surface area contributed by atoms with Gasteiger partial charge in [-0.05, 0) is 32.9 Å². The Kier molecular flexibility index (Phi) is 5.90. The standard InChI is InChI=1S/C17H23F3N4O2/c1-10(2)24-8-7-23(9-13(24)15(25)21-4)16(26)12-5-6-14(17(18,19)20)22-11(12)3/h5-6,10,13H,7-9H2,1-4H3,(H,21,25)/t13-/m0/s1. The van der Waals surface area contributed by atoms with Crippen molar-refractivity contribution in [3.63, 3.8) is 0 Å². The summed E-state index contributed by atoms with van der Waals surface area (Å²) in [6.07, 6.45) is -4.56. The molecule has 6 nitrogen and oxygen atoms in total. The van der Waals surface area contributed by atoms with E-state index in [-0.39, 0.29) is 29.8 Å². The lowest BCUT2D eigenvalue weighted by Crippen LogP contribution is -2.61. The molecule has 144 valence electrons. The van der Waals surface area contributed by atoms with Crippen LogP contribution >= 0.6 is 0 Å². The normalized spacial score (nSPS) is 18.9. The van der Waals surface area contributed by atoms with E-state index in [0.717, 1.165) is 12.1 Å². The average Bonchev–Trinajstić information content (AvgIpc) is 2.58. The first-order chi connectivity index (χ1) is 12.1. The predicted molar refractivity (Wildman–Crippen MR) is 89.6 cm³/mol. The second-order valence-corrected chi connectivity index (χ2v) is 6.54. The molecule has 0 unspecified atom stereocenters. The largest absolute Gasteiger partial charge is 0.433 e. The number of nitrogens with zero attached hydrogens (tertiary/aromatic N) is 3. The molecule has 9 heteroatoms. The van der Waals surface area contributed by atoms with E-state index in [1.165, 1.54) is 18.9 Å². The second-order valence-electron chi connectivity index (χ2n) is 6.54. The summed E-state index contributed by atoms with van der Waals surface area (Å²) in [5.74, 6) is -0.612. The van der Waals surface area contributed by atoms with Gasteiger partial charge in [0.15, 0.2) is 0 Å². The van der Waals surface area contributed by atoms with Gasteiger partial charge in [-0.3, -0.25) is 14.5 Å². The third-order valence-electron chi connectivity index (χ3n) is 4.53. The van der Waals surface area contributed by atoms with Gasteiger partial charge in [-0.15, -0.1) is 0 Å². The number of amides is 2. The Morgan fingerprint density at radius 2 is 1.92 bits per heavy atom. The summed E-state index contributed by atoms with van der Waals surface area (Å²) >= 11 is 0. The molecular weight excluding hydrogens is 349 g/mol. The van der Waals surface area contributed by atoms with Crippen molar-refractivity contribution < 1.29 is 22.8 Å². The first kappa shape index (κ1) is 20.2. The number of halogens is 3. The van der Waals surface area contributed by atoms with Crippen LogP contribution in [0.15, 0.2) is 12.1 Å². The maximum absolute atomic E-state index is 12.8. The molecule has 26 heavy (non-hydrogen) atoms. The molecule has 0 aromatic carbocycles. The fraction of sp³-hybridized carbons (Fsp3) is 0.588. The van der Waals surface area contributed by atoms with Gasteiger partial charge >= 0.3 is 6.18 Å². The van der Waals surface area contributed by atoms with Crippen LogP contribution in [0.5, 0.6) is 0 Å². The molecule has 1 aromatic heterocycles. The molecular formula is C17H23F3N4O2. The molecule has 1 saturated heterocycles. The lowest BCUT2D eigenvalue weighted by Gasteiger charge is -2.42. The minimum Gasteiger partial charge on any atom is -0.358 e. The van der Waals surface area contributed by atoms with E-state index < -0.39 is 23.8 Å². The molecule has 1 aliphatic rings. The first-order valence-electron chi connectivity index (χ1n) is 8.37. The predicted octanol–water partition coefficient (Wildman–Crippen LogP) is 1.69. The summed E-state index contributed by atoms with van der Waals surface area (Å²) in [6.45, 7) is 6.40. The summed E-state index contributed by atoms with van der Waals surface area (Å²) in [6, 6.07) is 1.59. The zero-order valence-electron chi connectivity index (χ0n) is 15.2. The highest BCUT2D eigenvalue weighted by Crippen LogP contribution is 2.28. The smallest absolute Gasteiger partial charge is 0.358 e. The maximum Gasteiger partial charge on any atom is 0.433 e. The molecule has 2 amide bonds. The zero-order valence-corrected chi connectivity index (χ0v) is 15.2. The molecule has 0 radical (unpaired) electrons. The number of aryl methyl sites for hydroxylation is 1. The Labute approximate surface area is 150 Å². The SMILES string of the molecule is CNC(=O)[C@@H]1CN(C(=O)c2ccc(C(F)(F)F)nc2C)CCN1C(C)C. The van der Waals surface area contributed by atoms with E-state index in [9.17, 15) is 22.8 Å². The van der Waals surface area contributed by atoms with Crippen LogP contribution in [-0.2, 0) is 11.0 Å². The first-order valence-corrected chi connectivity index (χ1v) is 8.37. The average molecular weight is 372 g/mol. The molecule has 1 atom stereocenters. The van der Waals surface area contributed by atoms with Crippen molar-refractivity contribution in [1.29, 1.82) is 0 Å². The van der Waals surface area contributed by atoms with Gasteiger partial charge < -0.3 is 10.2 Å². The number of rotatable bonds is 3. The van der Waals surface area contributed by atoms with Crippen molar-refractivity contribution in [2.24, 2.45) is 0 Å². The van der Waals surface area contributed by atoms with Crippen LogP contribution in [0.1, 0.15) is 35.6 Å². The van der Waals surface area contributed by atoms with Gasteiger partial charge in [0.1, 0.15) is 11.7 Å². The van der Waals surface area contributed by atoms with Gasteiger partial charge in [-0.1, -0.05) is 0 Å². The number of alkyl halides is 3. The minimum absolute atomic E-state index is 0.0209. The summed E-state index contributed by atoms with van der Waals surface area (Å²) in [5.41, 5.74) is -0.890. The number of likely N-dealkylation sites (N-methyl/N-ethyl adjacent to an activating group) is 1. The fourth-order valence-corrected chi connectivity index (χ4v) is 3.11. The van der Waals surface area contributed by atoms with Crippen LogP contribution in [0.3, 0.4) is 0 Å². The molecule has 1 aliphatic heterocycles. The van der Waals surface area contributed by atoms with E-state index in [2.05, 4.69) is 10.3 Å². The van der Waals surface area contributed by atoms with E-state index in [4.69, 9.17) is 0 Å². The Bertz CT molecular complexity index is 691. The lowest BCUT2D eigenvalue weighted by molar-refractivity contribution is -0.141. The number of carbonyl (C=O) groups is 2. The summed E-state index contributed by atoms with van der Waals surface area (Å²) < 4.78 is 38.2. The van der Waals surface area contributed by atoms with Crippen LogP contribution in [0.2, 0.25) is 0 Å². The Morgan fingerprint density at radius 1 is 1.27 bits per heavy atom. The van der Waals surface area contributed by atoms with Crippen molar-refractivity contribution in [1.82, 2.24) is 20.1 Å². The van der Waals surface area contributed by atoms with E-state index in [0.29, 0.717) is 13.1 Å². The minimum atomic E-state index is -4.56. The van der Waals surface area contributed by atoms with Crippen molar-refractivity contribution in [2.45, 2.75) is 39.0 Å².